The third-order valence-corrected chi connectivity index (χ3v) is 5.96. The van der Waals surface area contributed by atoms with E-state index in [1.807, 2.05) is 36.4 Å². The highest BCUT2D eigenvalue weighted by Crippen LogP contribution is 2.44. The number of aliphatic carboxylic acids is 1. The molecule has 33 heavy (non-hydrogen) atoms. The van der Waals surface area contributed by atoms with Gasteiger partial charge < -0.3 is 20.5 Å². The van der Waals surface area contributed by atoms with Crippen molar-refractivity contribution in [1.82, 2.24) is 10.6 Å². The van der Waals surface area contributed by atoms with Crippen molar-refractivity contribution < 1.29 is 24.2 Å². The fourth-order valence-corrected chi connectivity index (χ4v) is 4.18. The molecule has 3 rings (SSSR count). The molecule has 0 fully saturated rings. The summed E-state index contributed by atoms with van der Waals surface area (Å²) in [6.45, 7) is 8.95. The van der Waals surface area contributed by atoms with E-state index in [4.69, 9.17) is 4.74 Å². The molecule has 7 heteroatoms. The van der Waals surface area contributed by atoms with Gasteiger partial charge in [0.05, 0.1) is 0 Å². The van der Waals surface area contributed by atoms with Crippen LogP contribution in [0.4, 0.5) is 4.79 Å². The third kappa shape index (κ3) is 5.35. The van der Waals surface area contributed by atoms with Crippen LogP contribution in [0, 0.1) is 11.3 Å². The molecule has 0 spiro atoms. The van der Waals surface area contributed by atoms with E-state index in [0.717, 1.165) is 22.3 Å². The number of carbonyl (C=O) groups is 3. The van der Waals surface area contributed by atoms with Crippen molar-refractivity contribution >= 4 is 18.0 Å². The van der Waals surface area contributed by atoms with Gasteiger partial charge >= 0.3 is 12.1 Å². The minimum atomic E-state index is -1.12. The molecule has 2 atom stereocenters. The average molecular weight is 453 g/mol. The van der Waals surface area contributed by atoms with Crippen molar-refractivity contribution in [3.63, 3.8) is 0 Å². The van der Waals surface area contributed by atoms with Crippen LogP contribution in [0.1, 0.15) is 51.7 Å². The van der Waals surface area contributed by atoms with Crippen LogP contribution in [0.5, 0.6) is 0 Å². The lowest BCUT2D eigenvalue weighted by atomic mass is 9.86. The number of alkyl carbamates (subject to hydrolysis) is 1. The average Bonchev–Trinajstić information content (AvgIpc) is 3.06. The second-order valence-corrected chi connectivity index (χ2v) is 9.84. The van der Waals surface area contributed by atoms with Gasteiger partial charge in [0.15, 0.2) is 0 Å². The second kappa shape index (κ2) is 9.65. The second-order valence-electron chi connectivity index (χ2n) is 9.84. The van der Waals surface area contributed by atoms with Crippen LogP contribution in [0.15, 0.2) is 48.5 Å². The molecule has 1 aliphatic rings. The molecule has 0 heterocycles. The Hall–Kier alpha value is -3.35. The number of carbonyl (C=O) groups excluding carboxylic acids is 2. The zero-order valence-electron chi connectivity index (χ0n) is 19.7. The highest BCUT2D eigenvalue weighted by molar-refractivity contribution is 5.90. The fourth-order valence-electron chi connectivity index (χ4n) is 4.18. The molecule has 7 nitrogen and oxygen atoms in total. The lowest BCUT2D eigenvalue weighted by Crippen LogP contribution is -2.57. The summed E-state index contributed by atoms with van der Waals surface area (Å²) >= 11 is 0. The Bertz CT molecular complexity index is 995. The summed E-state index contributed by atoms with van der Waals surface area (Å²) in [6.07, 6.45) is -0.719. The van der Waals surface area contributed by atoms with Crippen LogP contribution in [-0.4, -0.2) is 41.8 Å². The van der Waals surface area contributed by atoms with Crippen molar-refractivity contribution in [2.75, 3.05) is 6.61 Å². The highest BCUT2D eigenvalue weighted by atomic mass is 16.5. The zero-order chi connectivity index (χ0) is 24.3. The van der Waals surface area contributed by atoms with Crippen LogP contribution in [0.25, 0.3) is 11.1 Å². The minimum absolute atomic E-state index is 0.0950. The third-order valence-electron chi connectivity index (χ3n) is 5.96. The van der Waals surface area contributed by atoms with Gasteiger partial charge in [0.25, 0.3) is 0 Å². The monoisotopic (exact) mass is 452 g/mol. The van der Waals surface area contributed by atoms with Crippen molar-refractivity contribution in [3.05, 3.63) is 59.7 Å². The van der Waals surface area contributed by atoms with E-state index < -0.39 is 35.5 Å². The van der Waals surface area contributed by atoms with Gasteiger partial charge in [-0.25, -0.2) is 9.59 Å². The topological polar surface area (TPSA) is 105 Å². The largest absolute Gasteiger partial charge is 0.480 e. The summed E-state index contributed by atoms with van der Waals surface area (Å²) in [6, 6.07) is 14.1. The van der Waals surface area contributed by atoms with Crippen LogP contribution in [0.3, 0.4) is 0 Å². The molecule has 2 amide bonds. The normalized spacial score (nSPS) is 14.7. The summed E-state index contributed by atoms with van der Waals surface area (Å²) < 4.78 is 5.57. The molecular formula is C26H32N2O5. The van der Waals surface area contributed by atoms with Gasteiger partial charge in [-0.05, 0) is 33.6 Å². The number of amides is 2. The number of hydrogen-bond donors (Lipinski definition) is 3. The molecule has 0 saturated heterocycles. The number of carboxylic acids is 1. The number of hydrogen-bond acceptors (Lipinski definition) is 4. The first-order valence-corrected chi connectivity index (χ1v) is 11.2. The summed E-state index contributed by atoms with van der Waals surface area (Å²) in [5.74, 6) is -2.08. The molecule has 0 aromatic heterocycles. The molecule has 0 saturated carbocycles. The summed E-state index contributed by atoms with van der Waals surface area (Å²) in [5, 5.41) is 14.6. The number of ether oxygens (including phenoxy) is 1. The smallest absolute Gasteiger partial charge is 0.407 e. The maximum absolute atomic E-state index is 12.9. The quantitative estimate of drug-likeness (QED) is 0.585. The molecule has 2 aromatic rings. The van der Waals surface area contributed by atoms with E-state index in [1.54, 1.807) is 34.6 Å². The Morgan fingerprint density at radius 1 is 0.939 bits per heavy atom. The predicted octanol–water partition coefficient (Wildman–Crippen LogP) is 4.17. The Kier molecular flexibility index (Phi) is 7.10. The Labute approximate surface area is 194 Å². The molecular weight excluding hydrogens is 420 g/mol. The molecule has 2 aromatic carbocycles. The Balaban J connectivity index is 1.71. The SMILES string of the molecule is CC(C)[C@@H](NC(=O)C(NC(=O)OCC1c2ccccc2-c2ccccc21)C(C)(C)C)C(=O)O. The molecule has 1 unspecified atom stereocenters. The van der Waals surface area contributed by atoms with E-state index in [-0.39, 0.29) is 18.4 Å². The van der Waals surface area contributed by atoms with E-state index in [9.17, 15) is 19.5 Å². The van der Waals surface area contributed by atoms with Crippen LogP contribution in [-0.2, 0) is 14.3 Å². The maximum atomic E-state index is 12.9. The first kappa shape index (κ1) is 24.3. The van der Waals surface area contributed by atoms with Crippen molar-refractivity contribution in [3.8, 4) is 11.1 Å². The van der Waals surface area contributed by atoms with Gasteiger partial charge in [-0.3, -0.25) is 4.79 Å². The fraction of sp³-hybridized carbons (Fsp3) is 0.423. The molecule has 0 aliphatic heterocycles. The summed E-state index contributed by atoms with van der Waals surface area (Å²) in [7, 11) is 0. The number of fused-ring (bicyclic) bond motifs is 3. The first-order valence-electron chi connectivity index (χ1n) is 11.2. The van der Waals surface area contributed by atoms with Gasteiger partial charge in [-0.2, -0.15) is 0 Å². The van der Waals surface area contributed by atoms with Gasteiger partial charge in [0.2, 0.25) is 5.91 Å². The van der Waals surface area contributed by atoms with E-state index in [1.165, 1.54) is 0 Å². The summed E-state index contributed by atoms with van der Waals surface area (Å²) in [4.78, 5) is 37.1. The van der Waals surface area contributed by atoms with Gasteiger partial charge in [-0.15, -0.1) is 0 Å². The lowest BCUT2D eigenvalue weighted by Gasteiger charge is -2.31. The van der Waals surface area contributed by atoms with Crippen molar-refractivity contribution in [1.29, 1.82) is 0 Å². The predicted molar refractivity (Wildman–Crippen MR) is 126 cm³/mol. The van der Waals surface area contributed by atoms with Gasteiger partial charge in [-0.1, -0.05) is 83.1 Å². The highest BCUT2D eigenvalue weighted by Gasteiger charge is 2.36. The van der Waals surface area contributed by atoms with Gasteiger partial charge in [0.1, 0.15) is 18.7 Å². The Morgan fingerprint density at radius 2 is 1.45 bits per heavy atom. The van der Waals surface area contributed by atoms with E-state index in [0.29, 0.717) is 0 Å². The first-order chi connectivity index (χ1) is 15.5. The molecule has 0 bridgehead atoms. The van der Waals surface area contributed by atoms with Crippen LogP contribution < -0.4 is 10.6 Å². The van der Waals surface area contributed by atoms with Crippen LogP contribution >= 0.6 is 0 Å². The molecule has 3 N–H and O–H groups in total. The van der Waals surface area contributed by atoms with Crippen molar-refractivity contribution in [2.24, 2.45) is 11.3 Å². The number of rotatable bonds is 7. The maximum Gasteiger partial charge on any atom is 0.407 e. The Morgan fingerprint density at radius 3 is 1.91 bits per heavy atom. The van der Waals surface area contributed by atoms with Gasteiger partial charge in [0, 0.05) is 5.92 Å². The molecule has 0 radical (unpaired) electrons. The van der Waals surface area contributed by atoms with E-state index >= 15 is 0 Å². The van der Waals surface area contributed by atoms with E-state index in [2.05, 4.69) is 22.8 Å². The number of benzene rings is 2. The van der Waals surface area contributed by atoms with Crippen molar-refractivity contribution in [2.45, 2.75) is 52.6 Å². The minimum Gasteiger partial charge on any atom is -0.480 e. The number of carboxylic acid groups (broad SMARTS) is 1. The standard InChI is InChI=1S/C26H32N2O5/c1-15(2)21(24(30)31)27-23(29)22(26(3,4)5)28-25(32)33-14-20-18-12-8-6-10-16(18)17-11-7-9-13-19(17)20/h6-13,15,20-22H,14H2,1-5H3,(H,27,29)(H,28,32)(H,30,31)/t21-,22?/m1/s1. The summed E-state index contributed by atoms with van der Waals surface area (Å²) in [5.41, 5.74) is 3.79. The van der Waals surface area contributed by atoms with Crippen LogP contribution in [0.2, 0.25) is 0 Å². The molecule has 1 aliphatic carbocycles. The lowest BCUT2D eigenvalue weighted by molar-refractivity contribution is -0.143. The number of nitrogens with one attached hydrogen (secondary N) is 2. The molecule has 176 valence electrons. The zero-order valence-corrected chi connectivity index (χ0v) is 19.7.